The predicted octanol–water partition coefficient (Wildman–Crippen LogP) is 0.707. The smallest absolute Gasteiger partial charge is 0.0794 e. The molecular weight excluding hydrogens is 126 g/mol. The molecule has 1 N–H and O–H groups in total. The van der Waals surface area contributed by atoms with Gasteiger partial charge in [-0.1, -0.05) is 13.8 Å². The molecule has 0 aromatic carbocycles. The van der Waals surface area contributed by atoms with Crippen LogP contribution in [-0.4, -0.2) is 35.2 Å². The van der Waals surface area contributed by atoms with Crippen molar-refractivity contribution in [2.24, 2.45) is 5.92 Å². The number of nitrogens with zero attached hydrogens (tertiary/aromatic N) is 1. The summed E-state index contributed by atoms with van der Waals surface area (Å²) in [5, 5.41) is 9.01. The van der Waals surface area contributed by atoms with Gasteiger partial charge in [0.15, 0.2) is 0 Å². The Hall–Kier alpha value is -0.0800. The first-order chi connectivity index (χ1) is 4.61. The molecule has 0 aromatic heterocycles. The van der Waals surface area contributed by atoms with Gasteiger partial charge in [-0.25, -0.2) is 0 Å². The molecule has 1 heterocycles. The molecule has 0 aliphatic carbocycles. The molecular formula is C8H17NO. The molecule has 10 heavy (non-hydrogen) atoms. The van der Waals surface area contributed by atoms with E-state index in [-0.39, 0.29) is 6.10 Å². The van der Waals surface area contributed by atoms with Crippen LogP contribution in [0.15, 0.2) is 0 Å². The van der Waals surface area contributed by atoms with Crippen molar-refractivity contribution < 1.29 is 5.11 Å². The molecule has 2 heteroatoms. The highest BCUT2D eigenvalue weighted by molar-refractivity contribution is 4.83. The molecule has 0 saturated carbocycles. The zero-order valence-corrected chi connectivity index (χ0v) is 7.04. The molecule has 0 bridgehead atoms. The number of likely N-dealkylation sites (tertiary alicyclic amines) is 1. The largest absolute Gasteiger partial charge is 0.390 e. The van der Waals surface area contributed by atoms with Gasteiger partial charge in [-0.15, -0.1) is 0 Å². The van der Waals surface area contributed by atoms with E-state index in [1.54, 1.807) is 0 Å². The van der Waals surface area contributed by atoms with Gasteiger partial charge in [0.25, 0.3) is 0 Å². The van der Waals surface area contributed by atoms with Crippen LogP contribution in [0.2, 0.25) is 0 Å². The topological polar surface area (TPSA) is 23.5 Å². The summed E-state index contributed by atoms with van der Waals surface area (Å²) < 4.78 is 0. The zero-order valence-electron chi connectivity index (χ0n) is 7.04. The second kappa shape index (κ2) is 2.89. The lowest BCUT2D eigenvalue weighted by atomic mass is 10.00. The summed E-state index contributed by atoms with van der Waals surface area (Å²) in [5.74, 6) is 0.701. The fraction of sp³-hybridized carbons (Fsp3) is 1.00. The summed E-state index contributed by atoms with van der Waals surface area (Å²) in [4.78, 5) is 2.31. The van der Waals surface area contributed by atoms with Crippen LogP contribution in [-0.2, 0) is 0 Å². The van der Waals surface area contributed by atoms with E-state index in [4.69, 9.17) is 5.11 Å². The number of rotatable bonds is 2. The van der Waals surface area contributed by atoms with E-state index in [1.807, 2.05) is 0 Å². The van der Waals surface area contributed by atoms with Crippen LogP contribution in [0, 0.1) is 5.92 Å². The third-order valence-corrected chi connectivity index (χ3v) is 2.43. The van der Waals surface area contributed by atoms with Crippen LogP contribution in [0.3, 0.4) is 0 Å². The van der Waals surface area contributed by atoms with Crippen molar-refractivity contribution in [3.8, 4) is 0 Å². The number of aliphatic hydroxyl groups is 1. The second-order valence-electron chi connectivity index (χ2n) is 3.59. The van der Waals surface area contributed by atoms with Crippen LogP contribution >= 0.6 is 0 Å². The van der Waals surface area contributed by atoms with Gasteiger partial charge < -0.3 is 5.11 Å². The molecule has 1 atom stereocenters. The molecule has 0 radical (unpaired) electrons. The van der Waals surface area contributed by atoms with Gasteiger partial charge in [-0.3, -0.25) is 4.90 Å². The lowest BCUT2D eigenvalue weighted by Crippen LogP contribution is -2.55. The van der Waals surface area contributed by atoms with E-state index in [9.17, 15) is 0 Å². The Morgan fingerprint density at radius 1 is 1.30 bits per heavy atom. The van der Waals surface area contributed by atoms with E-state index in [0.717, 1.165) is 13.1 Å². The Morgan fingerprint density at radius 3 is 2.10 bits per heavy atom. The van der Waals surface area contributed by atoms with Crippen LogP contribution in [0.1, 0.15) is 20.8 Å². The Bertz CT molecular complexity index is 108. The van der Waals surface area contributed by atoms with Gasteiger partial charge in [0.2, 0.25) is 0 Å². The van der Waals surface area contributed by atoms with E-state index in [2.05, 4.69) is 25.7 Å². The van der Waals surface area contributed by atoms with Crippen LogP contribution in [0.5, 0.6) is 0 Å². The van der Waals surface area contributed by atoms with Crippen molar-refractivity contribution in [2.75, 3.05) is 13.1 Å². The van der Waals surface area contributed by atoms with Crippen LogP contribution < -0.4 is 0 Å². The van der Waals surface area contributed by atoms with Gasteiger partial charge >= 0.3 is 0 Å². The lowest BCUT2D eigenvalue weighted by Gasteiger charge is -2.42. The van der Waals surface area contributed by atoms with E-state index in [0.29, 0.717) is 12.0 Å². The highest BCUT2D eigenvalue weighted by Crippen LogP contribution is 2.17. The highest BCUT2D eigenvalue weighted by Gasteiger charge is 2.29. The van der Waals surface area contributed by atoms with Crippen LogP contribution in [0.25, 0.3) is 0 Å². The van der Waals surface area contributed by atoms with Gasteiger partial charge in [0.05, 0.1) is 6.10 Å². The highest BCUT2D eigenvalue weighted by atomic mass is 16.3. The van der Waals surface area contributed by atoms with Crippen molar-refractivity contribution in [1.82, 2.24) is 4.90 Å². The SMILES string of the molecule is CC(C)C(C)N1CC(O)C1. The molecule has 1 rings (SSSR count). The van der Waals surface area contributed by atoms with Crippen molar-refractivity contribution in [1.29, 1.82) is 0 Å². The molecule has 1 saturated heterocycles. The van der Waals surface area contributed by atoms with Crippen molar-refractivity contribution >= 4 is 0 Å². The fourth-order valence-corrected chi connectivity index (χ4v) is 1.24. The van der Waals surface area contributed by atoms with Gasteiger partial charge in [0.1, 0.15) is 0 Å². The molecule has 1 fully saturated rings. The average molecular weight is 143 g/mol. The third kappa shape index (κ3) is 1.50. The lowest BCUT2D eigenvalue weighted by molar-refractivity contribution is -0.0308. The molecule has 60 valence electrons. The monoisotopic (exact) mass is 143 g/mol. The zero-order chi connectivity index (χ0) is 7.72. The molecule has 1 aliphatic rings. The maximum atomic E-state index is 9.01. The van der Waals surface area contributed by atoms with Gasteiger partial charge in [0, 0.05) is 19.1 Å². The Balaban J connectivity index is 2.24. The summed E-state index contributed by atoms with van der Waals surface area (Å²) in [5.41, 5.74) is 0. The quantitative estimate of drug-likeness (QED) is 0.615. The number of aliphatic hydroxyl groups excluding tert-OH is 1. The van der Waals surface area contributed by atoms with Crippen molar-refractivity contribution in [2.45, 2.75) is 32.9 Å². The first-order valence-electron chi connectivity index (χ1n) is 4.03. The third-order valence-electron chi connectivity index (χ3n) is 2.43. The normalized spacial score (nSPS) is 24.9. The minimum Gasteiger partial charge on any atom is -0.390 e. The standard InChI is InChI=1S/C8H17NO/c1-6(2)7(3)9-4-8(10)5-9/h6-8,10H,4-5H2,1-3H3. The Kier molecular flexibility index (Phi) is 2.32. The summed E-state index contributed by atoms with van der Waals surface area (Å²) >= 11 is 0. The first-order valence-corrected chi connectivity index (χ1v) is 4.03. The Morgan fingerprint density at radius 2 is 1.80 bits per heavy atom. The summed E-state index contributed by atoms with van der Waals surface area (Å²) in [6.07, 6.45) is -0.0544. The van der Waals surface area contributed by atoms with Crippen molar-refractivity contribution in [3.05, 3.63) is 0 Å². The van der Waals surface area contributed by atoms with E-state index in [1.165, 1.54) is 0 Å². The molecule has 1 unspecified atom stereocenters. The molecule has 0 aromatic rings. The predicted molar refractivity (Wildman–Crippen MR) is 41.9 cm³/mol. The van der Waals surface area contributed by atoms with E-state index < -0.39 is 0 Å². The molecule has 0 spiro atoms. The minimum absolute atomic E-state index is 0.0544. The number of hydrogen-bond acceptors (Lipinski definition) is 2. The molecule has 2 nitrogen and oxygen atoms in total. The van der Waals surface area contributed by atoms with Gasteiger partial charge in [-0.05, 0) is 12.8 Å². The van der Waals surface area contributed by atoms with E-state index >= 15 is 0 Å². The summed E-state index contributed by atoms with van der Waals surface area (Å²) in [7, 11) is 0. The maximum Gasteiger partial charge on any atom is 0.0794 e. The molecule has 1 aliphatic heterocycles. The molecule has 0 amide bonds. The number of β-amino-alcohol motifs (C(OH)–C–C–N with tert-alkyl or cyclic N) is 1. The number of hydrogen-bond donors (Lipinski definition) is 1. The van der Waals surface area contributed by atoms with Crippen LogP contribution in [0.4, 0.5) is 0 Å². The maximum absolute atomic E-state index is 9.01. The summed E-state index contributed by atoms with van der Waals surface area (Å²) in [6, 6.07) is 0.628. The fourth-order valence-electron chi connectivity index (χ4n) is 1.24. The Labute approximate surface area is 62.8 Å². The summed E-state index contributed by atoms with van der Waals surface area (Å²) in [6.45, 7) is 8.40. The average Bonchev–Trinajstić information content (AvgIpc) is 1.79. The van der Waals surface area contributed by atoms with Gasteiger partial charge in [-0.2, -0.15) is 0 Å². The second-order valence-corrected chi connectivity index (χ2v) is 3.59. The first kappa shape index (κ1) is 8.02. The minimum atomic E-state index is -0.0544. The van der Waals surface area contributed by atoms with Crippen molar-refractivity contribution in [3.63, 3.8) is 0 Å².